The van der Waals surface area contributed by atoms with E-state index >= 15 is 0 Å². The minimum Gasteiger partial charge on any atom is -0.325 e. The number of nitrogens with two attached hydrogens (primary N) is 1. The van der Waals surface area contributed by atoms with E-state index in [4.69, 9.17) is 5.73 Å². The summed E-state index contributed by atoms with van der Waals surface area (Å²) in [5.74, 6) is 0.0557. The number of nitrogens with one attached hydrogen (secondary N) is 1. The molecule has 0 heterocycles. The van der Waals surface area contributed by atoms with E-state index in [-0.39, 0.29) is 24.0 Å². The lowest BCUT2D eigenvalue weighted by molar-refractivity contribution is -0.384. The topological polar surface area (TPSA) is 98.3 Å². The number of nitrogens with zero attached hydrogens (tertiary/aromatic N) is 1. The molecule has 1 atom stereocenters. The van der Waals surface area contributed by atoms with Gasteiger partial charge in [-0.05, 0) is 24.5 Å². The smallest absolute Gasteiger partial charge is 0.269 e. The monoisotopic (exact) mass is 287 g/mol. The molecular formula is C12H18ClN3O3. The molecule has 1 aromatic rings. The number of rotatable bonds is 5. The van der Waals surface area contributed by atoms with Gasteiger partial charge in [0, 0.05) is 17.8 Å². The van der Waals surface area contributed by atoms with Gasteiger partial charge >= 0.3 is 0 Å². The van der Waals surface area contributed by atoms with Crippen molar-refractivity contribution in [2.75, 3.05) is 5.32 Å². The molecular weight excluding hydrogens is 270 g/mol. The maximum atomic E-state index is 11.7. The lowest BCUT2D eigenvalue weighted by atomic mass is 10.0. The number of hydrogen-bond acceptors (Lipinski definition) is 4. The van der Waals surface area contributed by atoms with Crippen LogP contribution in [0.4, 0.5) is 11.4 Å². The van der Waals surface area contributed by atoms with Crippen LogP contribution in [0.25, 0.3) is 0 Å². The van der Waals surface area contributed by atoms with Crippen LogP contribution in [-0.2, 0) is 4.79 Å². The lowest BCUT2D eigenvalue weighted by Gasteiger charge is -2.13. The van der Waals surface area contributed by atoms with Gasteiger partial charge in [-0.15, -0.1) is 12.4 Å². The van der Waals surface area contributed by atoms with Crippen LogP contribution in [0.1, 0.15) is 20.3 Å². The van der Waals surface area contributed by atoms with Crippen molar-refractivity contribution in [3.8, 4) is 0 Å². The van der Waals surface area contributed by atoms with E-state index in [9.17, 15) is 14.9 Å². The van der Waals surface area contributed by atoms with Gasteiger partial charge in [-0.3, -0.25) is 14.9 Å². The van der Waals surface area contributed by atoms with E-state index in [1.807, 2.05) is 13.8 Å². The first kappa shape index (κ1) is 17.3. The van der Waals surface area contributed by atoms with Gasteiger partial charge in [0.2, 0.25) is 5.91 Å². The number of nitro benzene ring substituents is 1. The zero-order valence-electron chi connectivity index (χ0n) is 10.8. The quantitative estimate of drug-likeness (QED) is 0.641. The van der Waals surface area contributed by atoms with Crippen LogP contribution in [-0.4, -0.2) is 16.9 Å². The predicted molar refractivity (Wildman–Crippen MR) is 76.4 cm³/mol. The van der Waals surface area contributed by atoms with Crippen LogP contribution in [0.3, 0.4) is 0 Å². The average Bonchev–Trinajstić information content (AvgIpc) is 2.28. The molecule has 19 heavy (non-hydrogen) atoms. The summed E-state index contributed by atoms with van der Waals surface area (Å²) in [6, 6.07) is 5.07. The van der Waals surface area contributed by atoms with Gasteiger partial charge in [-0.1, -0.05) is 13.8 Å². The van der Waals surface area contributed by atoms with Crippen LogP contribution in [0.5, 0.6) is 0 Å². The number of nitro groups is 1. The molecule has 0 aliphatic carbocycles. The van der Waals surface area contributed by atoms with Crippen molar-refractivity contribution in [1.29, 1.82) is 0 Å². The third kappa shape index (κ3) is 5.67. The van der Waals surface area contributed by atoms with Gasteiger partial charge in [0.1, 0.15) is 0 Å². The van der Waals surface area contributed by atoms with Crippen molar-refractivity contribution >= 4 is 29.7 Å². The van der Waals surface area contributed by atoms with Gasteiger partial charge in [0.05, 0.1) is 11.0 Å². The molecule has 1 rings (SSSR count). The van der Waals surface area contributed by atoms with E-state index in [0.29, 0.717) is 18.0 Å². The molecule has 7 heteroatoms. The number of non-ortho nitro benzene ring substituents is 1. The number of benzene rings is 1. The van der Waals surface area contributed by atoms with Crippen molar-refractivity contribution in [2.24, 2.45) is 11.7 Å². The number of halogens is 1. The summed E-state index contributed by atoms with van der Waals surface area (Å²) in [5, 5.41) is 13.1. The first-order chi connectivity index (χ1) is 8.40. The molecule has 6 nitrogen and oxygen atoms in total. The number of hydrogen-bond donors (Lipinski definition) is 2. The Balaban J connectivity index is 0.00000324. The molecule has 0 spiro atoms. The van der Waals surface area contributed by atoms with E-state index in [1.54, 1.807) is 0 Å². The number of amides is 1. The third-order valence-electron chi connectivity index (χ3n) is 2.41. The molecule has 0 saturated carbocycles. The Morgan fingerprint density at radius 2 is 1.89 bits per heavy atom. The Morgan fingerprint density at radius 3 is 2.32 bits per heavy atom. The summed E-state index contributed by atoms with van der Waals surface area (Å²) in [7, 11) is 0. The van der Waals surface area contributed by atoms with Crippen LogP contribution in [0.15, 0.2) is 24.3 Å². The van der Waals surface area contributed by atoms with Gasteiger partial charge in [-0.2, -0.15) is 0 Å². The van der Waals surface area contributed by atoms with Crippen LogP contribution in [0.2, 0.25) is 0 Å². The number of carbonyl (C=O) groups excluding carboxylic acids is 1. The van der Waals surface area contributed by atoms with Crippen LogP contribution in [0, 0.1) is 16.0 Å². The first-order valence-corrected chi connectivity index (χ1v) is 5.71. The zero-order chi connectivity index (χ0) is 13.7. The number of anilines is 1. The third-order valence-corrected chi connectivity index (χ3v) is 2.41. The van der Waals surface area contributed by atoms with Gasteiger partial charge in [-0.25, -0.2) is 0 Å². The molecule has 0 saturated heterocycles. The highest BCUT2D eigenvalue weighted by Crippen LogP contribution is 2.15. The van der Waals surface area contributed by atoms with Crippen molar-refractivity contribution in [3.05, 3.63) is 34.4 Å². The highest BCUT2D eigenvalue weighted by atomic mass is 35.5. The summed E-state index contributed by atoms with van der Waals surface area (Å²) in [6.07, 6.45) is 0.596. The van der Waals surface area contributed by atoms with Gasteiger partial charge in [0.25, 0.3) is 5.69 Å². The molecule has 1 amide bonds. The Hall–Kier alpha value is -1.66. The SMILES string of the molecule is CC(C)CC(N)C(=O)Nc1ccc([N+](=O)[O-])cc1.Cl. The van der Waals surface area contributed by atoms with Crippen molar-refractivity contribution in [3.63, 3.8) is 0 Å². The first-order valence-electron chi connectivity index (χ1n) is 5.71. The van der Waals surface area contributed by atoms with Crippen LogP contribution < -0.4 is 11.1 Å². The Kier molecular flexibility index (Phi) is 7.03. The van der Waals surface area contributed by atoms with Crippen LogP contribution >= 0.6 is 12.4 Å². The minimum atomic E-state index is -0.569. The van der Waals surface area contributed by atoms with E-state index in [2.05, 4.69) is 5.32 Å². The maximum absolute atomic E-state index is 11.7. The molecule has 106 valence electrons. The Labute approximate surface area is 117 Å². The highest BCUT2D eigenvalue weighted by Gasteiger charge is 2.15. The second-order valence-corrected chi connectivity index (χ2v) is 4.53. The Morgan fingerprint density at radius 1 is 1.37 bits per heavy atom. The predicted octanol–water partition coefficient (Wildman–Crippen LogP) is 2.33. The fourth-order valence-electron chi connectivity index (χ4n) is 1.52. The molecule has 0 aliphatic heterocycles. The number of carbonyl (C=O) groups is 1. The average molecular weight is 288 g/mol. The zero-order valence-corrected chi connectivity index (χ0v) is 11.6. The molecule has 3 N–H and O–H groups in total. The lowest BCUT2D eigenvalue weighted by Crippen LogP contribution is -2.36. The fraction of sp³-hybridized carbons (Fsp3) is 0.417. The summed E-state index contributed by atoms with van der Waals surface area (Å²) in [6.45, 7) is 3.97. The summed E-state index contributed by atoms with van der Waals surface area (Å²) >= 11 is 0. The standard InChI is InChI=1S/C12H17N3O3.ClH/c1-8(2)7-11(13)12(16)14-9-3-5-10(6-4-9)15(17)18;/h3-6,8,11H,7,13H2,1-2H3,(H,14,16);1H. The van der Waals surface area contributed by atoms with Crippen molar-refractivity contribution in [2.45, 2.75) is 26.3 Å². The molecule has 0 aliphatic rings. The van der Waals surface area contributed by atoms with Gasteiger partial charge < -0.3 is 11.1 Å². The molecule has 1 unspecified atom stereocenters. The normalized spacial score (nSPS) is 11.6. The Bertz CT molecular complexity index is 434. The second-order valence-electron chi connectivity index (χ2n) is 4.53. The largest absolute Gasteiger partial charge is 0.325 e. The summed E-state index contributed by atoms with van der Waals surface area (Å²) in [4.78, 5) is 21.7. The fourth-order valence-corrected chi connectivity index (χ4v) is 1.52. The second kappa shape index (κ2) is 7.70. The molecule has 0 fully saturated rings. The molecule has 0 bridgehead atoms. The van der Waals surface area contributed by atoms with E-state index < -0.39 is 11.0 Å². The maximum Gasteiger partial charge on any atom is 0.269 e. The molecule has 1 aromatic carbocycles. The van der Waals surface area contributed by atoms with Crippen molar-refractivity contribution < 1.29 is 9.72 Å². The highest BCUT2D eigenvalue weighted by molar-refractivity contribution is 5.94. The van der Waals surface area contributed by atoms with Crippen molar-refractivity contribution in [1.82, 2.24) is 0 Å². The van der Waals surface area contributed by atoms with E-state index in [1.165, 1.54) is 24.3 Å². The summed E-state index contributed by atoms with van der Waals surface area (Å²) in [5.41, 5.74) is 6.21. The molecule has 0 radical (unpaired) electrons. The minimum absolute atomic E-state index is 0. The molecule has 0 aromatic heterocycles. The van der Waals surface area contributed by atoms with E-state index in [0.717, 1.165) is 0 Å². The summed E-state index contributed by atoms with van der Waals surface area (Å²) < 4.78 is 0. The van der Waals surface area contributed by atoms with Gasteiger partial charge in [0.15, 0.2) is 0 Å².